The average molecular weight is 293 g/mol. The summed E-state index contributed by atoms with van der Waals surface area (Å²) in [5.74, 6) is 0. The van der Waals surface area contributed by atoms with Crippen molar-refractivity contribution in [3.05, 3.63) is 71.9 Å². The summed E-state index contributed by atoms with van der Waals surface area (Å²) >= 11 is 1.78. The molecule has 0 saturated carbocycles. The lowest BCUT2D eigenvalue weighted by molar-refractivity contribution is 0.176. The molecular weight excluding hydrogens is 278 g/mol. The maximum absolute atomic E-state index is 10.8. The first-order valence-corrected chi connectivity index (χ1v) is 7.97. The van der Waals surface area contributed by atoms with E-state index in [9.17, 15) is 5.11 Å². The first kappa shape index (κ1) is 12.9. The molecule has 0 fully saturated rings. The van der Waals surface area contributed by atoms with Crippen LogP contribution in [0.3, 0.4) is 0 Å². The molecule has 2 unspecified atom stereocenters. The third kappa shape index (κ3) is 2.23. The molecular formula is C18H15NOS. The Morgan fingerprint density at radius 2 is 1.95 bits per heavy atom. The zero-order valence-electron chi connectivity index (χ0n) is 11.4. The Kier molecular flexibility index (Phi) is 3.17. The minimum atomic E-state index is -0.477. The van der Waals surface area contributed by atoms with Crippen molar-refractivity contribution in [2.45, 2.75) is 22.7 Å². The quantitative estimate of drug-likeness (QED) is 0.775. The Morgan fingerprint density at radius 1 is 1.05 bits per heavy atom. The molecule has 3 aromatic rings. The van der Waals surface area contributed by atoms with Crippen LogP contribution in [0.25, 0.3) is 10.9 Å². The minimum Gasteiger partial charge on any atom is -0.387 e. The first-order valence-electron chi connectivity index (χ1n) is 7.09. The van der Waals surface area contributed by atoms with Gasteiger partial charge in [0.15, 0.2) is 0 Å². The smallest absolute Gasteiger partial charge is 0.0921 e. The molecule has 1 aliphatic heterocycles. The van der Waals surface area contributed by atoms with Crippen molar-refractivity contribution < 1.29 is 5.11 Å². The van der Waals surface area contributed by atoms with Crippen molar-refractivity contribution in [2.24, 2.45) is 0 Å². The predicted molar refractivity (Wildman–Crippen MR) is 86.5 cm³/mol. The SMILES string of the molecule is OC(c1cccc2ncccc12)C1Cc2ccccc2S1. The number of aromatic nitrogens is 1. The minimum absolute atomic E-state index is 0.174. The third-order valence-corrected chi connectivity index (χ3v) is 5.40. The van der Waals surface area contributed by atoms with Crippen molar-refractivity contribution in [2.75, 3.05) is 0 Å². The fourth-order valence-corrected chi connectivity index (χ4v) is 4.29. The summed E-state index contributed by atoms with van der Waals surface area (Å²) in [6.45, 7) is 0. The van der Waals surface area contributed by atoms with E-state index >= 15 is 0 Å². The monoisotopic (exact) mass is 293 g/mol. The van der Waals surface area contributed by atoms with Crippen LogP contribution >= 0.6 is 11.8 Å². The molecule has 0 spiro atoms. The molecule has 0 bridgehead atoms. The summed E-state index contributed by atoms with van der Waals surface area (Å²) in [5.41, 5.74) is 3.25. The van der Waals surface area contributed by atoms with E-state index in [1.165, 1.54) is 10.5 Å². The van der Waals surface area contributed by atoms with Crippen LogP contribution in [0.4, 0.5) is 0 Å². The lowest BCUT2D eigenvalue weighted by Gasteiger charge is -2.19. The van der Waals surface area contributed by atoms with E-state index in [1.54, 1.807) is 18.0 Å². The molecule has 1 N–H and O–H groups in total. The summed E-state index contributed by atoms with van der Waals surface area (Å²) in [4.78, 5) is 5.66. The molecule has 0 aliphatic carbocycles. The molecule has 2 nitrogen and oxygen atoms in total. The number of benzene rings is 2. The summed E-state index contributed by atoms with van der Waals surface area (Å²) in [7, 11) is 0. The van der Waals surface area contributed by atoms with Gasteiger partial charge in [0.05, 0.1) is 11.6 Å². The van der Waals surface area contributed by atoms with Gasteiger partial charge >= 0.3 is 0 Å². The Labute approximate surface area is 127 Å². The zero-order chi connectivity index (χ0) is 14.2. The van der Waals surface area contributed by atoms with Crippen LogP contribution in [0.1, 0.15) is 17.2 Å². The summed E-state index contributed by atoms with van der Waals surface area (Å²) in [6, 6.07) is 18.3. The normalized spacial score (nSPS) is 18.6. The molecule has 2 aromatic carbocycles. The molecule has 1 aromatic heterocycles. The number of hydrogen-bond donors (Lipinski definition) is 1. The second-order valence-corrected chi connectivity index (χ2v) is 6.61. The van der Waals surface area contributed by atoms with Gasteiger partial charge in [0.1, 0.15) is 0 Å². The first-order chi connectivity index (χ1) is 10.3. The van der Waals surface area contributed by atoms with Crippen LogP contribution in [-0.2, 0) is 6.42 Å². The van der Waals surface area contributed by atoms with Crippen molar-refractivity contribution in [1.29, 1.82) is 0 Å². The van der Waals surface area contributed by atoms with Crippen LogP contribution in [0.5, 0.6) is 0 Å². The van der Waals surface area contributed by atoms with E-state index in [0.29, 0.717) is 0 Å². The number of nitrogens with zero attached hydrogens (tertiary/aromatic N) is 1. The van der Waals surface area contributed by atoms with Crippen molar-refractivity contribution in [1.82, 2.24) is 4.98 Å². The maximum atomic E-state index is 10.8. The topological polar surface area (TPSA) is 33.1 Å². The van der Waals surface area contributed by atoms with Crippen molar-refractivity contribution >= 4 is 22.7 Å². The lowest BCUT2D eigenvalue weighted by atomic mass is 9.98. The van der Waals surface area contributed by atoms with Crippen LogP contribution in [0.2, 0.25) is 0 Å². The largest absolute Gasteiger partial charge is 0.387 e. The molecule has 3 heteroatoms. The second kappa shape index (κ2) is 5.17. The zero-order valence-corrected chi connectivity index (χ0v) is 12.3. The number of thioether (sulfide) groups is 1. The molecule has 0 amide bonds. The van der Waals surface area contributed by atoms with Gasteiger partial charge in [-0.25, -0.2) is 0 Å². The van der Waals surface area contributed by atoms with Crippen LogP contribution in [0.15, 0.2) is 65.7 Å². The number of hydrogen-bond acceptors (Lipinski definition) is 3. The highest BCUT2D eigenvalue weighted by Crippen LogP contribution is 2.43. The van der Waals surface area contributed by atoms with Gasteiger partial charge in [0.25, 0.3) is 0 Å². The molecule has 2 heterocycles. The average Bonchev–Trinajstić information content (AvgIpc) is 2.97. The van der Waals surface area contributed by atoms with E-state index in [1.807, 2.05) is 30.3 Å². The van der Waals surface area contributed by atoms with E-state index in [-0.39, 0.29) is 5.25 Å². The Bertz CT molecular complexity index is 772. The highest BCUT2D eigenvalue weighted by atomic mass is 32.2. The van der Waals surface area contributed by atoms with E-state index in [0.717, 1.165) is 22.9 Å². The summed E-state index contributed by atoms with van der Waals surface area (Å²) < 4.78 is 0. The second-order valence-electron chi connectivity index (χ2n) is 5.33. The van der Waals surface area contributed by atoms with Gasteiger partial charge < -0.3 is 5.11 Å². The number of aliphatic hydroxyl groups is 1. The molecule has 21 heavy (non-hydrogen) atoms. The summed E-state index contributed by atoms with van der Waals surface area (Å²) in [6.07, 6.45) is 2.23. The van der Waals surface area contributed by atoms with Crippen molar-refractivity contribution in [3.63, 3.8) is 0 Å². The number of fused-ring (bicyclic) bond motifs is 2. The molecule has 0 radical (unpaired) electrons. The van der Waals surface area contributed by atoms with Crippen molar-refractivity contribution in [3.8, 4) is 0 Å². The number of rotatable bonds is 2. The van der Waals surface area contributed by atoms with Crippen LogP contribution in [-0.4, -0.2) is 15.3 Å². The predicted octanol–water partition coefficient (Wildman–Crippen LogP) is 3.99. The van der Waals surface area contributed by atoms with E-state index < -0.39 is 6.10 Å². The van der Waals surface area contributed by atoms with Gasteiger partial charge in [0, 0.05) is 21.7 Å². The van der Waals surface area contributed by atoms with Gasteiger partial charge in [-0.15, -0.1) is 11.8 Å². The fraction of sp³-hybridized carbons (Fsp3) is 0.167. The van der Waals surface area contributed by atoms with Gasteiger partial charge in [-0.1, -0.05) is 36.4 Å². The van der Waals surface area contributed by atoms with Crippen LogP contribution < -0.4 is 0 Å². The van der Waals surface area contributed by atoms with Gasteiger partial charge in [0.2, 0.25) is 0 Å². The summed E-state index contributed by atoms with van der Waals surface area (Å²) in [5, 5.41) is 12.1. The molecule has 2 atom stereocenters. The van der Waals surface area contributed by atoms with E-state index in [2.05, 4.69) is 29.2 Å². The number of pyridine rings is 1. The standard InChI is InChI=1S/C18H15NOS/c20-18(17-11-12-5-1-2-9-16(12)21-17)14-6-3-8-15-13(14)7-4-10-19-15/h1-10,17-18,20H,11H2. The highest BCUT2D eigenvalue weighted by Gasteiger charge is 2.29. The lowest BCUT2D eigenvalue weighted by Crippen LogP contribution is -2.14. The molecule has 1 aliphatic rings. The van der Waals surface area contributed by atoms with Gasteiger partial charge in [-0.2, -0.15) is 0 Å². The fourth-order valence-electron chi connectivity index (χ4n) is 2.97. The van der Waals surface area contributed by atoms with Gasteiger partial charge in [-0.05, 0) is 35.7 Å². The molecule has 0 saturated heterocycles. The Hall–Kier alpha value is -1.84. The Balaban J connectivity index is 1.71. The molecule has 4 rings (SSSR count). The van der Waals surface area contributed by atoms with Gasteiger partial charge in [-0.3, -0.25) is 4.98 Å². The van der Waals surface area contributed by atoms with Crippen LogP contribution in [0, 0.1) is 0 Å². The third-order valence-electron chi connectivity index (χ3n) is 4.02. The molecule has 104 valence electrons. The highest BCUT2D eigenvalue weighted by molar-refractivity contribution is 8.00. The Morgan fingerprint density at radius 3 is 2.86 bits per heavy atom. The maximum Gasteiger partial charge on any atom is 0.0921 e. The number of aliphatic hydroxyl groups excluding tert-OH is 1. The van der Waals surface area contributed by atoms with E-state index in [4.69, 9.17) is 0 Å².